The van der Waals surface area contributed by atoms with Crippen LogP contribution in [0.3, 0.4) is 0 Å². The van der Waals surface area contributed by atoms with Crippen molar-refractivity contribution in [3.63, 3.8) is 0 Å². The topological polar surface area (TPSA) is 29.9 Å². The molecule has 0 saturated carbocycles. The molecule has 1 heterocycles. The van der Waals surface area contributed by atoms with E-state index in [-0.39, 0.29) is 16.1 Å². The van der Waals surface area contributed by atoms with E-state index in [2.05, 4.69) is 10.4 Å². The fraction of sp³-hybridized carbons (Fsp3) is 0.308. The Morgan fingerprint density at radius 3 is 2.53 bits per heavy atom. The average Bonchev–Trinajstić information content (AvgIpc) is 2.84. The molecule has 1 N–H and O–H groups in total. The molecule has 0 radical (unpaired) electrons. The van der Waals surface area contributed by atoms with Crippen LogP contribution in [0, 0.1) is 5.82 Å². The van der Waals surface area contributed by atoms with E-state index in [0.29, 0.717) is 5.69 Å². The van der Waals surface area contributed by atoms with Gasteiger partial charge in [0.2, 0.25) is 0 Å². The molecule has 2 rings (SSSR count). The lowest BCUT2D eigenvalue weighted by atomic mass is 10.2. The first kappa shape index (κ1) is 14.2. The van der Waals surface area contributed by atoms with Crippen molar-refractivity contribution in [2.75, 3.05) is 5.32 Å². The van der Waals surface area contributed by atoms with Gasteiger partial charge in [-0.25, -0.2) is 4.39 Å². The zero-order valence-corrected chi connectivity index (χ0v) is 12.1. The molecule has 3 nitrogen and oxygen atoms in total. The molecule has 0 aliphatic rings. The van der Waals surface area contributed by atoms with Crippen LogP contribution in [0.15, 0.2) is 24.5 Å². The fourth-order valence-corrected chi connectivity index (χ4v) is 2.24. The normalized spacial score (nSPS) is 12.5. The molecule has 6 heteroatoms. The molecule has 0 aliphatic heterocycles. The lowest BCUT2D eigenvalue weighted by molar-refractivity contribution is 0.628. The van der Waals surface area contributed by atoms with Crippen molar-refractivity contribution in [3.05, 3.63) is 46.0 Å². The Hall–Kier alpha value is -1.26. The summed E-state index contributed by atoms with van der Waals surface area (Å²) in [4.78, 5) is 0. The van der Waals surface area contributed by atoms with Crippen molar-refractivity contribution in [2.45, 2.75) is 26.4 Å². The van der Waals surface area contributed by atoms with Gasteiger partial charge in [-0.2, -0.15) is 5.10 Å². The quantitative estimate of drug-likeness (QED) is 0.841. The highest BCUT2D eigenvalue weighted by Crippen LogP contribution is 2.29. The van der Waals surface area contributed by atoms with E-state index in [1.807, 2.05) is 24.7 Å². The van der Waals surface area contributed by atoms with Gasteiger partial charge >= 0.3 is 0 Å². The van der Waals surface area contributed by atoms with Crippen molar-refractivity contribution in [2.24, 2.45) is 0 Å². The molecule has 0 spiro atoms. The molecule has 1 unspecified atom stereocenters. The summed E-state index contributed by atoms with van der Waals surface area (Å²) in [5.41, 5.74) is 1.71. The van der Waals surface area contributed by atoms with Gasteiger partial charge in [0.1, 0.15) is 0 Å². The van der Waals surface area contributed by atoms with E-state index in [9.17, 15) is 4.39 Å². The summed E-state index contributed by atoms with van der Waals surface area (Å²) in [6.45, 7) is 4.83. The Labute approximate surface area is 121 Å². The molecule has 1 aromatic heterocycles. The monoisotopic (exact) mass is 301 g/mol. The van der Waals surface area contributed by atoms with Crippen LogP contribution < -0.4 is 5.32 Å². The molecular weight excluding hydrogens is 288 g/mol. The van der Waals surface area contributed by atoms with Crippen LogP contribution in [0.25, 0.3) is 0 Å². The third-order valence-corrected chi connectivity index (χ3v) is 3.39. The minimum absolute atomic E-state index is 0.00598. The number of anilines is 1. The average molecular weight is 302 g/mol. The van der Waals surface area contributed by atoms with Crippen molar-refractivity contribution in [1.29, 1.82) is 0 Å². The van der Waals surface area contributed by atoms with Crippen LogP contribution in [0.4, 0.5) is 10.1 Å². The number of rotatable bonds is 4. The van der Waals surface area contributed by atoms with E-state index < -0.39 is 5.82 Å². The first-order chi connectivity index (χ1) is 9.01. The van der Waals surface area contributed by atoms with Gasteiger partial charge in [0.05, 0.1) is 22.3 Å². The van der Waals surface area contributed by atoms with E-state index in [1.54, 1.807) is 6.20 Å². The van der Waals surface area contributed by atoms with Gasteiger partial charge < -0.3 is 5.32 Å². The number of hydrogen-bond acceptors (Lipinski definition) is 2. The maximum atomic E-state index is 13.3. The van der Waals surface area contributed by atoms with Crippen LogP contribution >= 0.6 is 23.2 Å². The highest BCUT2D eigenvalue weighted by molar-refractivity contribution is 6.35. The number of hydrogen-bond donors (Lipinski definition) is 1. The molecule has 0 aliphatic carbocycles. The summed E-state index contributed by atoms with van der Waals surface area (Å²) in [7, 11) is 0. The van der Waals surface area contributed by atoms with Gasteiger partial charge in [-0.05, 0) is 26.0 Å². The second-order valence-corrected chi connectivity index (χ2v) is 5.06. The third-order valence-electron chi connectivity index (χ3n) is 2.84. The number of benzene rings is 1. The molecule has 19 heavy (non-hydrogen) atoms. The molecule has 0 amide bonds. The lowest BCUT2D eigenvalue weighted by Gasteiger charge is -2.14. The highest BCUT2D eigenvalue weighted by Gasteiger charge is 2.11. The Bertz CT molecular complexity index is 560. The summed E-state index contributed by atoms with van der Waals surface area (Å²) < 4.78 is 15.2. The number of aromatic nitrogens is 2. The van der Waals surface area contributed by atoms with Gasteiger partial charge in [-0.1, -0.05) is 23.2 Å². The van der Waals surface area contributed by atoms with Crippen LogP contribution in [0.5, 0.6) is 0 Å². The number of halogens is 3. The summed E-state index contributed by atoms with van der Waals surface area (Å²) in [5.74, 6) is -0.597. The largest absolute Gasteiger partial charge is 0.378 e. The maximum absolute atomic E-state index is 13.3. The smallest absolute Gasteiger partial charge is 0.160 e. The molecule has 0 fully saturated rings. The third kappa shape index (κ3) is 3.19. The SMILES string of the molecule is CCn1cc(C(C)Nc2cc(Cl)c(F)c(Cl)c2)cn1. The van der Waals surface area contributed by atoms with E-state index >= 15 is 0 Å². The first-order valence-electron chi connectivity index (χ1n) is 5.94. The summed E-state index contributed by atoms with van der Waals surface area (Å²) in [6, 6.07) is 3.06. The lowest BCUT2D eigenvalue weighted by Crippen LogP contribution is -2.06. The van der Waals surface area contributed by atoms with E-state index in [0.717, 1.165) is 12.1 Å². The Morgan fingerprint density at radius 1 is 1.37 bits per heavy atom. The van der Waals surface area contributed by atoms with Crippen LogP contribution in [-0.2, 0) is 6.54 Å². The van der Waals surface area contributed by atoms with Gasteiger partial charge in [0.25, 0.3) is 0 Å². The molecule has 2 aromatic rings. The summed E-state index contributed by atoms with van der Waals surface area (Å²) in [5, 5.41) is 7.44. The molecule has 102 valence electrons. The predicted molar refractivity (Wildman–Crippen MR) is 76.4 cm³/mol. The second kappa shape index (κ2) is 5.80. The van der Waals surface area contributed by atoms with E-state index in [4.69, 9.17) is 23.2 Å². The fourth-order valence-electron chi connectivity index (χ4n) is 1.75. The second-order valence-electron chi connectivity index (χ2n) is 4.25. The van der Waals surface area contributed by atoms with Crippen LogP contribution in [0.2, 0.25) is 10.0 Å². The van der Waals surface area contributed by atoms with Gasteiger partial charge in [-0.15, -0.1) is 0 Å². The van der Waals surface area contributed by atoms with Crippen molar-refractivity contribution < 1.29 is 4.39 Å². The van der Waals surface area contributed by atoms with Crippen LogP contribution in [-0.4, -0.2) is 9.78 Å². The minimum Gasteiger partial charge on any atom is -0.378 e. The molecule has 0 saturated heterocycles. The number of nitrogens with one attached hydrogen (secondary N) is 1. The number of aryl methyl sites for hydroxylation is 1. The molecule has 0 bridgehead atoms. The number of nitrogens with zero attached hydrogens (tertiary/aromatic N) is 2. The minimum atomic E-state index is -0.597. The van der Waals surface area contributed by atoms with Crippen molar-refractivity contribution in [3.8, 4) is 0 Å². The Morgan fingerprint density at radius 2 is 2.00 bits per heavy atom. The maximum Gasteiger partial charge on any atom is 0.160 e. The van der Waals surface area contributed by atoms with Crippen molar-refractivity contribution in [1.82, 2.24) is 9.78 Å². The molecular formula is C13H14Cl2FN3. The summed E-state index contributed by atoms with van der Waals surface area (Å²) in [6.07, 6.45) is 3.76. The zero-order valence-electron chi connectivity index (χ0n) is 10.6. The van der Waals surface area contributed by atoms with E-state index in [1.165, 1.54) is 12.1 Å². The predicted octanol–water partition coefficient (Wildman–Crippen LogP) is 4.52. The molecule has 1 atom stereocenters. The molecule has 1 aromatic carbocycles. The van der Waals surface area contributed by atoms with Crippen molar-refractivity contribution >= 4 is 28.9 Å². The Kier molecular flexibility index (Phi) is 4.32. The Balaban J connectivity index is 2.16. The zero-order chi connectivity index (χ0) is 14.0. The van der Waals surface area contributed by atoms with Crippen LogP contribution in [0.1, 0.15) is 25.5 Å². The standard InChI is InChI=1S/C13H14Cl2FN3/c1-3-19-7-9(6-17-19)8(2)18-10-4-11(14)13(16)12(15)5-10/h4-8,18H,3H2,1-2H3. The van der Waals surface area contributed by atoms with Gasteiger partial charge in [0, 0.05) is 24.0 Å². The van der Waals surface area contributed by atoms with Gasteiger partial charge in [-0.3, -0.25) is 4.68 Å². The highest BCUT2D eigenvalue weighted by atomic mass is 35.5. The first-order valence-corrected chi connectivity index (χ1v) is 6.70. The van der Waals surface area contributed by atoms with Gasteiger partial charge in [0.15, 0.2) is 5.82 Å². The summed E-state index contributed by atoms with van der Waals surface area (Å²) >= 11 is 11.5.